The Morgan fingerprint density at radius 1 is 1.47 bits per heavy atom. The van der Waals surface area contributed by atoms with E-state index in [9.17, 15) is 9.18 Å². The third-order valence-corrected chi connectivity index (χ3v) is 4.06. The molecule has 1 aliphatic heterocycles. The van der Waals surface area contributed by atoms with Gasteiger partial charge in [-0.2, -0.15) is 0 Å². The van der Waals surface area contributed by atoms with Crippen molar-refractivity contribution >= 4 is 21.8 Å². The Bertz CT molecular complexity index is 459. The zero-order valence-corrected chi connectivity index (χ0v) is 12.5. The van der Waals surface area contributed by atoms with Gasteiger partial charge >= 0.3 is 0 Å². The van der Waals surface area contributed by atoms with Gasteiger partial charge in [0.05, 0.1) is 5.56 Å². The summed E-state index contributed by atoms with van der Waals surface area (Å²) >= 11 is 3.18. The van der Waals surface area contributed by atoms with Crippen molar-refractivity contribution in [3.8, 4) is 0 Å². The van der Waals surface area contributed by atoms with Gasteiger partial charge in [0, 0.05) is 11.0 Å². The predicted molar refractivity (Wildman–Crippen MR) is 76.7 cm³/mol. The summed E-state index contributed by atoms with van der Waals surface area (Å²) in [7, 11) is 2.10. The normalized spacial score (nSPS) is 17.4. The van der Waals surface area contributed by atoms with Crippen LogP contribution in [0.5, 0.6) is 0 Å². The first-order chi connectivity index (χ1) is 9.06. The van der Waals surface area contributed by atoms with Gasteiger partial charge < -0.3 is 10.2 Å². The van der Waals surface area contributed by atoms with E-state index in [0.717, 1.165) is 25.9 Å². The molecule has 0 unspecified atom stereocenters. The van der Waals surface area contributed by atoms with Gasteiger partial charge in [0.15, 0.2) is 0 Å². The Labute approximate surface area is 121 Å². The number of nitrogens with one attached hydrogen (secondary N) is 1. The number of nitrogens with zero attached hydrogens (tertiary/aromatic N) is 1. The first kappa shape index (κ1) is 14.5. The van der Waals surface area contributed by atoms with Crippen molar-refractivity contribution in [2.75, 3.05) is 26.7 Å². The summed E-state index contributed by atoms with van der Waals surface area (Å²) in [5.41, 5.74) is 0.108. The number of likely N-dealkylation sites (tertiary alicyclic amines) is 1. The molecule has 0 atom stereocenters. The van der Waals surface area contributed by atoms with Crippen molar-refractivity contribution in [1.82, 2.24) is 10.2 Å². The minimum Gasteiger partial charge on any atom is -0.352 e. The summed E-state index contributed by atoms with van der Waals surface area (Å²) < 4.78 is 14.3. The monoisotopic (exact) mass is 328 g/mol. The standard InChI is InChI=1S/C14H18BrFN2O/c1-18-6-4-10(5-7-18)9-17-14(19)12-3-2-11(15)8-13(12)16/h2-3,8,10H,4-7,9H2,1H3,(H,17,19). The largest absolute Gasteiger partial charge is 0.352 e. The van der Waals surface area contributed by atoms with Crippen LogP contribution in [-0.2, 0) is 0 Å². The molecule has 1 heterocycles. The van der Waals surface area contributed by atoms with E-state index in [1.165, 1.54) is 12.1 Å². The van der Waals surface area contributed by atoms with Crippen LogP contribution in [0, 0.1) is 11.7 Å². The molecule has 19 heavy (non-hydrogen) atoms. The molecule has 1 N–H and O–H groups in total. The van der Waals surface area contributed by atoms with Crippen LogP contribution < -0.4 is 5.32 Å². The summed E-state index contributed by atoms with van der Waals surface area (Å²) in [6, 6.07) is 4.49. The van der Waals surface area contributed by atoms with E-state index in [1.807, 2.05) is 0 Å². The zero-order chi connectivity index (χ0) is 13.8. The highest BCUT2D eigenvalue weighted by Gasteiger charge is 2.18. The molecule has 0 bridgehead atoms. The lowest BCUT2D eigenvalue weighted by Gasteiger charge is -2.28. The number of carbonyl (C=O) groups is 1. The molecule has 2 rings (SSSR count). The second-order valence-electron chi connectivity index (χ2n) is 5.08. The molecule has 1 aromatic rings. The number of carbonyl (C=O) groups excluding carboxylic acids is 1. The number of rotatable bonds is 3. The number of amides is 1. The molecule has 104 valence electrons. The summed E-state index contributed by atoms with van der Waals surface area (Å²) in [6.07, 6.45) is 2.17. The quantitative estimate of drug-likeness (QED) is 0.925. The average molecular weight is 329 g/mol. The maximum absolute atomic E-state index is 13.6. The van der Waals surface area contributed by atoms with Gasteiger partial charge in [-0.25, -0.2) is 4.39 Å². The fourth-order valence-corrected chi connectivity index (χ4v) is 2.61. The lowest BCUT2D eigenvalue weighted by Crippen LogP contribution is -2.37. The molecule has 5 heteroatoms. The summed E-state index contributed by atoms with van der Waals surface area (Å²) in [4.78, 5) is 14.2. The van der Waals surface area contributed by atoms with Crippen molar-refractivity contribution in [1.29, 1.82) is 0 Å². The Morgan fingerprint density at radius 2 is 2.16 bits per heavy atom. The fourth-order valence-electron chi connectivity index (χ4n) is 2.27. The molecule has 1 aromatic carbocycles. The van der Waals surface area contributed by atoms with E-state index in [1.54, 1.807) is 6.07 Å². The lowest BCUT2D eigenvalue weighted by molar-refractivity contribution is 0.0935. The van der Waals surface area contributed by atoms with Gasteiger partial charge in [-0.3, -0.25) is 4.79 Å². The first-order valence-corrected chi connectivity index (χ1v) is 7.27. The van der Waals surface area contributed by atoms with Crippen LogP contribution in [0.2, 0.25) is 0 Å². The highest BCUT2D eigenvalue weighted by atomic mass is 79.9. The van der Waals surface area contributed by atoms with Crippen molar-refractivity contribution in [3.63, 3.8) is 0 Å². The van der Waals surface area contributed by atoms with E-state index in [-0.39, 0.29) is 11.5 Å². The van der Waals surface area contributed by atoms with Gasteiger partial charge in [-0.15, -0.1) is 0 Å². The van der Waals surface area contributed by atoms with Crippen LogP contribution in [-0.4, -0.2) is 37.5 Å². The Hall–Kier alpha value is -0.940. The number of piperidine rings is 1. The molecule has 1 saturated heterocycles. The van der Waals surface area contributed by atoms with E-state index in [0.29, 0.717) is 16.9 Å². The van der Waals surface area contributed by atoms with Crippen molar-refractivity contribution in [3.05, 3.63) is 34.1 Å². The minimum atomic E-state index is -0.491. The van der Waals surface area contributed by atoms with Crippen LogP contribution in [0.1, 0.15) is 23.2 Å². The fraction of sp³-hybridized carbons (Fsp3) is 0.500. The smallest absolute Gasteiger partial charge is 0.254 e. The van der Waals surface area contributed by atoms with E-state index < -0.39 is 5.82 Å². The van der Waals surface area contributed by atoms with Crippen LogP contribution in [0.4, 0.5) is 4.39 Å². The van der Waals surface area contributed by atoms with Crippen molar-refractivity contribution in [2.24, 2.45) is 5.92 Å². The predicted octanol–water partition coefficient (Wildman–Crippen LogP) is 2.66. The van der Waals surface area contributed by atoms with Crippen LogP contribution >= 0.6 is 15.9 Å². The molecular weight excluding hydrogens is 311 g/mol. The molecule has 0 saturated carbocycles. The highest BCUT2D eigenvalue weighted by molar-refractivity contribution is 9.10. The van der Waals surface area contributed by atoms with Gasteiger partial charge in [0.25, 0.3) is 5.91 Å². The van der Waals surface area contributed by atoms with Crippen LogP contribution in [0.3, 0.4) is 0 Å². The third kappa shape index (κ3) is 4.01. The Balaban J connectivity index is 1.87. The second kappa shape index (κ2) is 6.48. The maximum Gasteiger partial charge on any atom is 0.254 e. The summed E-state index contributed by atoms with van der Waals surface area (Å²) in [5, 5.41) is 2.83. The van der Waals surface area contributed by atoms with Gasteiger partial charge in [0.2, 0.25) is 0 Å². The van der Waals surface area contributed by atoms with E-state index in [2.05, 4.69) is 33.2 Å². The molecule has 1 amide bonds. The lowest BCUT2D eigenvalue weighted by atomic mass is 9.97. The van der Waals surface area contributed by atoms with Gasteiger partial charge in [0.1, 0.15) is 5.82 Å². The molecule has 1 fully saturated rings. The number of benzene rings is 1. The van der Waals surface area contributed by atoms with Crippen molar-refractivity contribution < 1.29 is 9.18 Å². The topological polar surface area (TPSA) is 32.3 Å². The molecule has 0 spiro atoms. The number of hydrogen-bond donors (Lipinski definition) is 1. The Morgan fingerprint density at radius 3 is 2.79 bits per heavy atom. The SMILES string of the molecule is CN1CCC(CNC(=O)c2ccc(Br)cc2F)CC1. The van der Waals surface area contributed by atoms with Gasteiger partial charge in [-0.1, -0.05) is 15.9 Å². The summed E-state index contributed by atoms with van der Waals surface area (Å²) in [5.74, 6) is -0.321. The highest BCUT2D eigenvalue weighted by Crippen LogP contribution is 2.17. The maximum atomic E-state index is 13.6. The van der Waals surface area contributed by atoms with Crippen molar-refractivity contribution in [2.45, 2.75) is 12.8 Å². The summed E-state index contributed by atoms with van der Waals surface area (Å²) in [6.45, 7) is 2.75. The van der Waals surface area contributed by atoms with E-state index >= 15 is 0 Å². The van der Waals surface area contributed by atoms with Crippen LogP contribution in [0.25, 0.3) is 0 Å². The third-order valence-electron chi connectivity index (χ3n) is 3.57. The second-order valence-corrected chi connectivity index (χ2v) is 6.00. The average Bonchev–Trinajstić information content (AvgIpc) is 2.37. The molecule has 3 nitrogen and oxygen atoms in total. The molecular formula is C14H18BrFN2O. The molecule has 0 aliphatic carbocycles. The molecule has 0 radical (unpaired) electrons. The molecule has 1 aliphatic rings. The minimum absolute atomic E-state index is 0.108. The van der Waals surface area contributed by atoms with Crippen LogP contribution in [0.15, 0.2) is 22.7 Å². The number of hydrogen-bond acceptors (Lipinski definition) is 2. The number of halogens is 2. The van der Waals surface area contributed by atoms with Gasteiger partial charge in [-0.05, 0) is 57.1 Å². The Kier molecular flexibility index (Phi) is 4.93. The molecule has 0 aromatic heterocycles. The zero-order valence-electron chi connectivity index (χ0n) is 11.0. The van der Waals surface area contributed by atoms with E-state index in [4.69, 9.17) is 0 Å². The first-order valence-electron chi connectivity index (χ1n) is 6.48.